The lowest BCUT2D eigenvalue weighted by molar-refractivity contribution is 0.457. The molecule has 0 amide bonds. The van der Waals surface area contributed by atoms with E-state index in [1.807, 2.05) is 153 Å². The summed E-state index contributed by atoms with van der Waals surface area (Å²) in [6, 6.07) is 70.9. The Morgan fingerprint density at radius 1 is 0.371 bits per heavy atom. The average molecular weight is 988 g/mol. The molecular weight excluding hydrogens is 928 g/mol. The molecule has 8 aromatic rings. The molecule has 0 fully saturated rings. The SMILES string of the molecule is CCN=P(N=P(/N=[PH](\Oc1ccccc1)Oc1ccc(C(C)(C)c2ccc(C)cc2)cc1)(Oc1ccccc1)Oc1ccc(C(C)(C)c2ccc(C)cc2)cc1)(Oc1ccccc1)Oc1ccccc1. The maximum atomic E-state index is 7.23. The largest absolute Gasteiger partial charge is 0.459 e. The quantitative estimate of drug-likeness (QED) is 0.0750. The van der Waals surface area contributed by atoms with Gasteiger partial charge in [-0.2, -0.15) is 0 Å². The van der Waals surface area contributed by atoms with Gasteiger partial charge in [-0.15, -0.1) is 4.52 Å². The molecule has 8 aromatic carbocycles. The molecule has 0 spiro atoms. The fourth-order valence-corrected chi connectivity index (χ4v) is 14.4. The molecule has 12 heteroatoms. The van der Waals surface area contributed by atoms with Crippen LogP contribution in [0.5, 0.6) is 34.5 Å². The fraction of sp³-hybridized carbons (Fsp3) is 0.172. The zero-order valence-corrected chi connectivity index (χ0v) is 43.5. The van der Waals surface area contributed by atoms with Crippen molar-refractivity contribution in [2.75, 3.05) is 6.54 Å². The van der Waals surface area contributed by atoms with Crippen molar-refractivity contribution in [2.24, 2.45) is 13.8 Å². The molecule has 0 aliphatic rings. The monoisotopic (exact) mass is 987 g/mol. The van der Waals surface area contributed by atoms with Crippen LogP contribution in [0.2, 0.25) is 0 Å². The number of hydrogen-bond acceptors (Lipinski definition) is 7. The van der Waals surface area contributed by atoms with E-state index in [0.29, 0.717) is 34.5 Å². The van der Waals surface area contributed by atoms with Crippen LogP contribution in [0.3, 0.4) is 0 Å². The van der Waals surface area contributed by atoms with Crippen LogP contribution in [0.15, 0.2) is 232 Å². The Morgan fingerprint density at radius 3 is 1.01 bits per heavy atom. The maximum Gasteiger partial charge on any atom is 0.459 e. The molecular formula is C58H60N3O6P3. The molecule has 0 aliphatic carbocycles. The van der Waals surface area contributed by atoms with Crippen LogP contribution in [0, 0.1) is 13.8 Å². The predicted octanol–water partition coefficient (Wildman–Crippen LogP) is 17.9. The van der Waals surface area contributed by atoms with E-state index >= 15 is 0 Å². The topological polar surface area (TPSA) is 92.5 Å². The van der Waals surface area contributed by atoms with Crippen molar-refractivity contribution in [3.63, 3.8) is 0 Å². The number of benzene rings is 8. The van der Waals surface area contributed by atoms with Gasteiger partial charge >= 0.3 is 23.5 Å². The van der Waals surface area contributed by atoms with Crippen LogP contribution in [-0.4, -0.2) is 6.54 Å². The van der Waals surface area contributed by atoms with Crippen molar-refractivity contribution in [2.45, 2.75) is 59.3 Å². The highest BCUT2D eigenvalue weighted by Gasteiger charge is 2.38. The van der Waals surface area contributed by atoms with E-state index in [2.05, 4.69) is 114 Å². The van der Waals surface area contributed by atoms with Gasteiger partial charge in [-0.1, -0.05) is 189 Å². The smallest absolute Gasteiger partial charge is 0.432 e. The number of rotatable bonds is 19. The molecule has 2 unspecified atom stereocenters. The number of aryl methyl sites for hydroxylation is 2. The summed E-state index contributed by atoms with van der Waals surface area (Å²) < 4.78 is 57.9. The molecule has 0 aliphatic heterocycles. The minimum Gasteiger partial charge on any atom is -0.432 e. The van der Waals surface area contributed by atoms with E-state index in [9.17, 15) is 0 Å². The van der Waals surface area contributed by atoms with E-state index in [-0.39, 0.29) is 17.4 Å². The van der Waals surface area contributed by atoms with Crippen LogP contribution < -0.4 is 27.1 Å². The summed E-state index contributed by atoms with van der Waals surface area (Å²) >= 11 is 0. The molecule has 70 heavy (non-hydrogen) atoms. The first kappa shape index (κ1) is 49.7. The highest BCUT2D eigenvalue weighted by atomic mass is 31.2. The van der Waals surface area contributed by atoms with Gasteiger partial charge in [0.2, 0.25) is 0 Å². The first-order valence-electron chi connectivity index (χ1n) is 23.3. The van der Waals surface area contributed by atoms with Crippen LogP contribution in [0.4, 0.5) is 0 Å². The van der Waals surface area contributed by atoms with Crippen molar-refractivity contribution in [3.05, 3.63) is 252 Å². The third-order valence-electron chi connectivity index (χ3n) is 11.7. The van der Waals surface area contributed by atoms with Gasteiger partial charge in [0.1, 0.15) is 34.5 Å². The van der Waals surface area contributed by atoms with Gasteiger partial charge < -0.3 is 27.1 Å². The van der Waals surface area contributed by atoms with Crippen molar-refractivity contribution in [1.29, 1.82) is 0 Å². The Morgan fingerprint density at radius 2 is 0.657 bits per heavy atom. The maximum absolute atomic E-state index is 7.23. The lowest BCUT2D eigenvalue weighted by atomic mass is 9.78. The lowest BCUT2D eigenvalue weighted by Gasteiger charge is -2.28. The summed E-state index contributed by atoms with van der Waals surface area (Å²) in [7, 11) is -10.8. The van der Waals surface area contributed by atoms with Gasteiger partial charge in [-0.3, -0.25) is 0 Å². The van der Waals surface area contributed by atoms with Crippen LogP contribution in [0.1, 0.15) is 68.0 Å². The normalized spacial score (nSPS) is 13.0. The number of para-hydroxylation sites is 4. The van der Waals surface area contributed by atoms with Crippen molar-refractivity contribution in [1.82, 2.24) is 0 Å². The summed E-state index contributed by atoms with van der Waals surface area (Å²) in [5.41, 5.74) is 6.42. The van der Waals surface area contributed by atoms with Crippen molar-refractivity contribution in [3.8, 4) is 34.5 Å². The van der Waals surface area contributed by atoms with Gasteiger partial charge in [-0.25, -0.2) is 4.74 Å². The van der Waals surface area contributed by atoms with Gasteiger partial charge in [0.15, 0.2) is 0 Å². The second-order valence-corrected chi connectivity index (χ2v) is 23.2. The van der Waals surface area contributed by atoms with Gasteiger partial charge in [-0.05, 0) is 116 Å². The second-order valence-electron chi connectivity index (χ2n) is 17.7. The third kappa shape index (κ3) is 12.7. The molecule has 9 nitrogen and oxygen atoms in total. The molecule has 0 N–H and O–H groups in total. The van der Waals surface area contributed by atoms with Gasteiger partial charge in [0.25, 0.3) is 0 Å². The Balaban J connectivity index is 1.34. The molecule has 0 radical (unpaired) electrons. The fourth-order valence-electron chi connectivity index (χ4n) is 7.57. The highest BCUT2D eigenvalue weighted by molar-refractivity contribution is 7.70. The molecule has 0 saturated heterocycles. The van der Waals surface area contributed by atoms with Gasteiger partial charge in [0, 0.05) is 17.4 Å². The molecule has 8 rings (SSSR count). The minimum atomic E-state index is -4.14. The Labute approximate surface area is 414 Å². The van der Waals surface area contributed by atoms with E-state index < -0.39 is 23.5 Å². The Hall–Kier alpha value is -6.75. The molecule has 0 saturated carbocycles. The molecule has 0 bridgehead atoms. The summed E-state index contributed by atoms with van der Waals surface area (Å²) in [4.78, 5) is 0. The van der Waals surface area contributed by atoms with Crippen LogP contribution >= 0.6 is 23.5 Å². The standard InChI is InChI=1S/C58H60N3O6P3/c1-8-59-69(64-53-23-15-10-16-24-53,65-54-25-17-11-18-26-54)61-70(66-55-27-19-12-20-28-55,67-56-43-39-50(40-44-56)58(6,7)48-35-31-46(3)32-36-48)60-68(62-51-21-13-9-14-22-51)63-52-41-37-49(38-42-52)57(4,5)47-33-29-45(2)30-34-47/h9-44,68H,8H2,1-7H3. The molecule has 2 atom stereocenters. The number of nitrogens with zero attached hydrogens (tertiary/aromatic N) is 3. The van der Waals surface area contributed by atoms with Crippen molar-refractivity contribution >= 4 is 23.5 Å². The Kier molecular flexibility index (Phi) is 15.8. The summed E-state index contributed by atoms with van der Waals surface area (Å²) in [6.45, 7) is 15.3. The zero-order chi connectivity index (χ0) is 49.0. The van der Waals surface area contributed by atoms with Crippen LogP contribution in [-0.2, 0) is 10.8 Å². The summed E-state index contributed by atoms with van der Waals surface area (Å²) in [6.07, 6.45) is 0. The minimum absolute atomic E-state index is 0.278. The molecule has 0 aromatic heterocycles. The lowest BCUT2D eigenvalue weighted by Crippen LogP contribution is -2.18. The highest BCUT2D eigenvalue weighted by Crippen LogP contribution is 2.68. The second kappa shape index (κ2) is 22.3. The molecule has 358 valence electrons. The van der Waals surface area contributed by atoms with Crippen molar-refractivity contribution < 1.29 is 27.1 Å². The number of hydrogen-bond donors (Lipinski definition) is 0. The molecule has 0 heterocycles. The average Bonchev–Trinajstić information content (AvgIpc) is 3.36. The predicted molar refractivity (Wildman–Crippen MR) is 289 cm³/mol. The van der Waals surface area contributed by atoms with E-state index in [4.69, 9.17) is 40.9 Å². The summed E-state index contributed by atoms with van der Waals surface area (Å²) in [5.74, 6) is 2.95. The van der Waals surface area contributed by atoms with Crippen LogP contribution in [0.25, 0.3) is 0 Å². The van der Waals surface area contributed by atoms with E-state index in [0.717, 1.165) is 11.1 Å². The third-order valence-corrected chi connectivity index (χ3v) is 18.5. The first-order valence-corrected chi connectivity index (χ1v) is 27.7. The van der Waals surface area contributed by atoms with Gasteiger partial charge in [0.05, 0.1) is 0 Å². The summed E-state index contributed by atoms with van der Waals surface area (Å²) in [5, 5.41) is 0. The zero-order valence-electron chi connectivity index (χ0n) is 40.7. The Bertz CT molecular complexity index is 3040. The first-order chi connectivity index (χ1) is 33.8. The van der Waals surface area contributed by atoms with E-state index in [1.165, 1.54) is 22.3 Å². The van der Waals surface area contributed by atoms with E-state index in [1.54, 1.807) is 0 Å².